The molecule has 3 fully saturated rings. The summed E-state index contributed by atoms with van der Waals surface area (Å²) in [7, 11) is 0. The molecule has 0 radical (unpaired) electrons. The molecule has 3 aliphatic rings. The second-order valence-corrected chi connectivity index (χ2v) is 7.95. The van der Waals surface area contributed by atoms with Crippen LogP contribution in [-0.4, -0.2) is 79.7 Å². The first-order chi connectivity index (χ1) is 13.1. The van der Waals surface area contributed by atoms with Gasteiger partial charge in [0.05, 0.1) is 11.8 Å². The van der Waals surface area contributed by atoms with Crippen molar-refractivity contribution in [1.29, 1.82) is 0 Å². The van der Waals surface area contributed by atoms with Crippen molar-refractivity contribution in [3.63, 3.8) is 0 Å². The topological polar surface area (TPSA) is 121 Å². The van der Waals surface area contributed by atoms with E-state index in [1.165, 1.54) is 12.7 Å². The Kier molecular flexibility index (Phi) is 4.10. The van der Waals surface area contributed by atoms with E-state index < -0.39 is 24.4 Å². The van der Waals surface area contributed by atoms with Crippen molar-refractivity contribution in [1.82, 2.24) is 24.8 Å². The van der Waals surface area contributed by atoms with Crippen LogP contribution in [0.15, 0.2) is 18.5 Å². The molecule has 0 bridgehead atoms. The summed E-state index contributed by atoms with van der Waals surface area (Å²) in [5.41, 5.74) is 7.47. The Bertz CT molecular complexity index is 836. The molecule has 27 heavy (non-hydrogen) atoms. The number of aromatic nitrogens is 3. The molecule has 5 heterocycles. The van der Waals surface area contributed by atoms with Crippen LogP contribution < -0.4 is 11.1 Å². The average molecular weight is 374 g/mol. The highest BCUT2D eigenvalue weighted by molar-refractivity contribution is 5.65. The summed E-state index contributed by atoms with van der Waals surface area (Å²) >= 11 is 0. The van der Waals surface area contributed by atoms with Crippen LogP contribution in [-0.2, 0) is 4.74 Å². The van der Waals surface area contributed by atoms with Gasteiger partial charge in [0.15, 0.2) is 5.82 Å². The van der Waals surface area contributed by atoms with E-state index in [2.05, 4.69) is 20.3 Å². The van der Waals surface area contributed by atoms with Crippen molar-refractivity contribution < 1.29 is 14.9 Å². The maximum Gasteiger partial charge on any atom is 0.151 e. The normalized spacial score (nSPS) is 33.6. The molecular formula is C18H26N6O3. The molecule has 9 heteroatoms. The van der Waals surface area contributed by atoms with Crippen molar-refractivity contribution in [2.45, 2.75) is 49.2 Å². The fourth-order valence-corrected chi connectivity index (χ4v) is 4.88. The van der Waals surface area contributed by atoms with Crippen LogP contribution in [0.1, 0.15) is 31.1 Å². The van der Waals surface area contributed by atoms with Crippen LogP contribution in [0.2, 0.25) is 0 Å². The van der Waals surface area contributed by atoms with Crippen molar-refractivity contribution in [3.8, 4) is 0 Å². The van der Waals surface area contributed by atoms with Gasteiger partial charge in [0.1, 0.15) is 30.2 Å². The van der Waals surface area contributed by atoms with Gasteiger partial charge in [0.2, 0.25) is 0 Å². The Morgan fingerprint density at radius 3 is 2.78 bits per heavy atom. The molecule has 4 atom stereocenters. The molecule has 146 valence electrons. The number of nitrogen functional groups attached to an aromatic ring is 1. The highest BCUT2D eigenvalue weighted by Crippen LogP contribution is 2.41. The van der Waals surface area contributed by atoms with E-state index in [-0.39, 0.29) is 5.54 Å². The highest BCUT2D eigenvalue weighted by atomic mass is 16.5. The number of rotatable bonds is 3. The molecular weight excluding hydrogens is 348 g/mol. The van der Waals surface area contributed by atoms with Crippen molar-refractivity contribution in [2.24, 2.45) is 0 Å². The van der Waals surface area contributed by atoms with E-state index in [1.54, 1.807) is 10.6 Å². The Hall–Kier alpha value is -1.78. The average Bonchev–Trinajstić information content (AvgIpc) is 3.23. The third-order valence-corrected chi connectivity index (χ3v) is 6.62. The molecule has 1 unspecified atom stereocenters. The quantitative estimate of drug-likeness (QED) is 0.557. The monoisotopic (exact) mass is 374 g/mol. The van der Waals surface area contributed by atoms with Crippen LogP contribution in [0.3, 0.4) is 0 Å². The molecule has 5 N–H and O–H groups in total. The third kappa shape index (κ3) is 2.65. The number of nitrogens with zero attached hydrogens (tertiary/aromatic N) is 4. The van der Waals surface area contributed by atoms with Gasteiger partial charge in [0, 0.05) is 18.6 Å². The van der Waals surface area contributed by atoms with E-state index in [4.69, 9.17) is 10.5 Å². The molecule has 3 aliphatic heterocycles. The summed E-state index contributed by atoms with van der Waals surface area (Å²) in [4.78, 5) is 6.41. The number of piperidine rings is 1. The van der Waals surface area contributed by atoms with Crippen LogP contribution in [0.5, 0.6) is 0 Å². The summed E-state index contributed by atoms with van der Waals surface area (Å²) < 4.78 is 7.77. The minimum atomic E-state index is -1.01. The summed E-state index contributed by atoms with van der Waals surface area (Å²) in [6.45, 7) is 3.72. The fourth-order valence-electron chi connectivity index (χ4n) is 4.88. The summed E-state index contributed by atoms with van der Waals surface area (Å²) in [6, 6.07) is 3.63. The van der Waals surface area contributed by atoms with Crippen molar-refractivity contribution >= 4 is 11.3 Å². The lowest BCUT2D eigenvalue weighted by molar-refractivity contribution is -0.0886. The van der Waals surface area contributed by atoms with Crippen LogP contribution in [0.25, 0.3) is 5.52 Å². The largest absolute Gasteiger partial charge is 0.388 e. The van der Waals surface area contributed by atoms with Crippen LogP contribution in [0.4, 0.5) is 5.82 Å². The number of aliphatic hydroxyl groups excluding tert-OH is 2. The molecule has 0 amide bonds. The standard InChI is InChI=1S/C18H26N6O3/c19-17-12-2-1-11(24(12)22-10-21-17)16-15(26)14(25)13(27-16)9-23-8-5-18(23)3-6-20-7-4-18/h1-2,10,13-16,20,25-26H,3-9H2,(H2,19,21,22)/t13-,14-,15-,16?/m1/s1. The van der Waals surface area contributed by atoms with Gasteiger partial charge < -0.3 is 26.0 Å². The highest BCUT2D eigenvalue weighted by Gasteiger charge is 2.50. The molecule has 9 nitrogen and oxygen atoms in total. The van der Waals surface area contributed by atoms with Crippen molar-refractivity contribution in [3.05, 3.63) is 24.2 Å². The second-order valence-electron chi connectivity index (χ2n) is 7.95. The molecule has 0 aliphatic carbocycles. The van der Waals surface area contributed by atoms with Gasteiger partial charge in [-0.1, -0.05) is 0 Å². The molecule has 2 aromatic heterocycles. The lowest BCUT2D eigenvalue weighted by atomic mass is 9.76. The third-order valence-electron chi connectivity index (χ3n) is 6.62. The zero-order valence-corrected chi connectivity index (χ0v) is 15.2. The first-order valence-electron chi connectivity index (χ1n) is 9.65. The fraction of sp³-hybridized carbons (Fsp3) is 0.667. The van der Waals surface area contributed by atoms with E-state index in [1.807, 2.05) is 6.07 Å². The Morgan fingerprint density at radius 2 is 2.04 bits per heavy atom. The molecule has 5 rings (SSSR count). The smallest absolute Gasteiger partial charge is 0.151 e. The van der Waals surface area contributed by atoms with E-state index >= 15 is 0 Å². The number of ether oxygens (including phenoxy) is 1. The number of nitrogens with one attached hydrogen (secondary N) is 1. The molecule has 0 aromatic carbocycles. The van der Waals surface area contributed by atoms with E-state index in [9.17, 15) is 10.2 Å². The number of likely N-dealkylation sites (tertiary alicyclic amines) is 1. The maximum absolute atomic E-state index is 10.6. The SMILES string of the molecule is Nc1ncnn2c(C3O[C@H](CN4CCC45CCNCC5)[C@@H](O)[C@H]3O)ccc12. The molecule has 0 saturated carbocycles. The van der Waals surface area contributed by atoms with Crippen LogP contribution >= 0.6 is 0 Å². The Labute approximate surface area is 157 Å². The second kappa shape index (κ2) is 6.39. The number of fused-ring (bicyclic) bond motifs is 1. The van der Waals surface area contributed by atoms with Gasteiger partial charge in [-0.05, 0) is 44.5 Å². The number of hydrogen-bond acceptors (Lipinski definition) is 8. The van der Waals surface area contributed by atoms with Gasteiger partial charge in [-0.25, -0.2) is 9.50 Å². The minimum Gasteiger partial charge on any atom is -0.388 e. The zero-order valence-electron chi connectivity index (χ0n) is 15.2. The number of aliphatic hydroxyl groups is 2. The predicted molar refractivity (Wildman–Crippen MR) is 98.1 cm³/mol. The molecule has 1 spiro atoms. The van der Waals surface area contributed by atoms with Gasteiger partial charge >= 0.3 is 0 Å². The first-order valence-corrected chi connectivity index (χ1v) is 9.65. The minimum absolute atomic E-state index is 0.237. The lowest BCUT2D eigenvalue weighted by Gasteiger charge is -2.56. The van der Waals surface area contributed by atoms with Gasteiger partial charge in [-0.15, -0.1) is 0 Å². The van der Waals surface area contributed by atoms with Gasteiger partial charge in [-0.2, -0.15) is 5.10 Å². The lowest BCUT2D eigenvalue weighted by Crippen LogP contribution is -2.65. The van der Waals surface area contributed by atoms with Gasteiger partial charge in [-0.3, -0.25) is 4.90 Å². The predicted octanol–water partition coefficient (Wildman–Crippen LogP) is -0.699. The number of nitrogens with two attached hydrogens (primary N) is 1. The Morgan fingerprint density at radius 1 is 1.22 bits per heavy atom. The van der Waals surface area contributed by atoms with Crippen molar-refractivity contribution in [2.75, 3.05) is 31.9 Å². The van der Waals surface area contributed by atoms with Crippen LogP contribution in [0, 0.1) is 0 Å². The summed E-state index contributed by atoms with van der Waals surface area (Å²) in [5.74, 6) is 0.370. The first kappa shape index (κ1) is 17.3. The summed E-state index contributed by atoms with van der Waals surface area (Å²) in [6.07, 6.45) is 1.82. The van der Waals surface area contributed by atoms with E-state index in [0.29, 0.717) is 23.6 Å². The maximum atomic E-state index is 10.6. The Balaban J connectivity index is 1.35. The van der Waals surface area contributed by atoms with Gasteiger partial charge in [0.25, 0.3) is 0 Å². The molecule has 3 saturated heterocycles. The number of hydrogen-bond donors (Lipinski definition) is 4. The summed E-state index contributed by atoms with van der Waals surface area (Å²) in [5, 5.41) is 28.9. The number of anilines is 1. The zero-order chi connectivity index (χ0) is 18.6. The van der Waals surface area contributed by atoms with E-state index in [0.717, 1.165) is 32.5 Å². The molecule has 2 aromatic rings.